The molecule has 4 heteroatoms. The average molecular weight is 256 g/mol. The van der Waals surface area contributed by atoms with Crippen molar-refractivity contribution in [1.82, 2.24) is 10.3 Å². The summed E-state index contributed by atoms with van der Waals surface area (Å²) in [5, 5.41) is 4.60. The third-order valence-corrected chi connectivity index (χ3v) is 3.80. The van der Waals surface area contributed by atoms with Crippen molar-refractivity contribution in [3.05, 3.63) is 16.1 Å². The SMILES string of the molecule is CCOC(C)CNCc1cnc(C(C)(C)C)s1. The van der Waals surface area contributed by atoms with Gasteiger partial charge in [0, 0.05) is 36.2 Å². The predicted molar refractivity (Wildman–Crippen MR) is 73.6 cm³/mol. The van der Waals surface area contributed by atoms with Gasteiger partial charge in [0.15, 0.2) is 0 Å². The fourth-order valence-electron chi connectivity index (χ4n) is 1.48. The Morgan fingerprint density at radius 2 is 2.18 bits per heavy atom. The van der Waals surface area contributed by atoms with E-state index in [0.29, 0.717) is 0 Å². The highest BCUT2D eigenvalue weighted by Gasteiger charge is 2.17. The Bertz CT molecular complexity index is 330. The molecule has 3 nitrogen and oxygen atoms in total. The molecule has 1 heterocycles. The monoisotopic (exact) mass is 256 g/mol. The van der Waals surface area contributed by atoms with Crippen molar-refractivity contribution in [3.8, 4) is 0 Å². The first-order valence-electron chi connectivity index (χ1n) is 6.21. The number of thiazole rings is 1. The van der Waals surface area contributed by atoms with Crippen LogP contribution in [0.5, 0.6) is 0 Å². The first-order valence-corrected chi connectivity index (χ1v) is 7.02. The second-order valence-corrected chi connectivity index (χ2v) is 6.39. The fourth-order valence-corrected chi connectivity index (χ4v) is 2.42. The molecule has 1 aromatic rings. The van der Waals surface area contributed by atoms with Gasteiger partial charge < -0.3 is 10.1 Å². The quantitative estimate of drug-likeness (QED) is 0.849. The van der Waals surface area contributed by atoms with Crippen LogP contribution in [0.2, 0.25) is 0 Å². The molecule has 0 aliphatic heterocycles. The largest absolute Gasteiger partial charge is 0.377 e. The second kappa shape index (κ2) is 6.47. The number of aromatic nitrogens is 1. The van der Waals surface area contributed by atoms with Gasteiger partial charge in [-0.1, -0.05) is 20.8 Å². The van der Waals surface area contributed by atoms with Gasteiger partial charge >= 0.3 is 0 Å². The predicted octanol–water partition coefficient (Wildman–Crippen LogP) is 2.96. The number of nitrogens with zero attached hydrogens (tertiary/aromatic N) is 1. The number of nitrogens with one attached hydrogen (secondary N) is 1. The van der Waals surface area contributed by atoms with Crippen LogP contribution in [-0.4, -0.2) is 24.2 Å². The van der Waals surface area contributed by atoms with Crippen molar-refractivity contribution in [1.29, 1.82) is 0 Å². The molecule has 0 bridgehead atoms. The highest BCUT2D eigenvalue weighted by Crippen LogP contribution is 2.26. The third kappa shape index (κ3) is 5.15. The molecule has 0 radical (unpaired) electrons. The van der Waals surface area contributed by atoms with Crippen LogP contribution in [0.25, 0.3) is 0 Å². The summed E-state index contributed by atoms with van der Waals surface area (Å²) in [6, 6.07) is 0. The van der Waals surface area contributed by atoms with Gasteiger partial charge in [-0.15, -0.1) is 11.3 Å². The van der Waals surface area contributed by atoms with Gasteiger partial charge in [0.05, 0.1) is 11.1 Å². The zero-order valence-corrected chi connectivity index (χ0v) is 12.4. The molecule has 1 rings (SSSR count). The molecule has 0 amide bonds. The van der Waals surface area contributed by atoms with Crippen molar-refractivity contribution in [2.45, 2.75) is 52.7 Å². The number of hydrogen-bond acceptors (Lipinski definition) is 4. The van der Waals surface area contributed by atoms with Crippen molar-refractivity contribution >= 4 is 11.3 Å². The zero-order chi connectivity index (χ0) is 12.9. The summed E-state index contributed by atoms with van der Waals surface area (Å²) in [7, 11) is 0. The molecule has 0 fully saturated rings. The normalized spacial score (nSPS) is 13.9. The molecule has 0 aliphatic carbocycles. The van der Waals surface area contributed by atoms with E-state index in [2.05, 4.69) is 38.0 Å². The molecular weight excluding hydrogens is 232 g/mol. The average Bonchev–Trinajstić information content (AvgIpc) is 2.66. The summed E-state index contributed by atoms with van der Waals surface area (Å²) in [4.78, 5) is 5.76. The van der Waals surface area contributed by atoms with Crippen LogP contribution in [0.15, 0.2) is 6.20 Å². The number of ether oxygens (including phenoxy) is 1. The summed E-state index contributed by atoms with van der Waals surface area (Å²) in [6.45, 7) is 13.2. The van der Waals surface area contributed by atoms with E-state index in [4.69, 9.17) is 4.74 Å². The van der Waals surface area contributed by atoms with Crippen LogP contribution in [0.3, 0.4) is 0 Å². The Morgan fingerprint density at radius 1 is 1.47 bits per heavy atom. The summed E-state index contributed by atoms with van der Waals surface area (Å²) < 4.78 is 5.46. The highest BCUT2D eigenvalue weighted by molar-refractivity contribution is 7.11. The van der Waals surface area contributed by atoms with E-state index in [1.165, 1.54) is 9.88 Å². The third-order valence-electron chi connectivity index (χ3n) is 2.38. The molecule has 1 atom stereocenters. The smallest absolute Gasteiger partial charge is 0.0981 e. The van der Waals surface area contributed by atoms with Crippen LogP contribution in [0, 0.1) is 0 Å². The number of rotatable bonds is 6. The maximum Gasteiger partial charge on any atom is 0.0981 e. The molecule has 0 aliphatic rings. The topological polar surface area (TPSA) is 34.1 Å². The minimum Gasteiger partial charge on any atom is -0.377 e. The Morgan fingerprint density at radius 3 is 2.71 bits per heavy atom. The minimum atomic E-state index is 0.154. The first kappa shape index (κ1) is 14.6. The molecule has 17 heavy (non-hydrogen) atoms. The van der Waals surface area contributed by atoms with Gasteiger partial charge in [0.2, 0.25) is 0 Å². The van der Waals surface area contributed by atoms with Crippen molar-refractivity contribution in [2.24, 2.45) is 0 Å². The van der Waals surface area contributed by atoms with Gasteiger partial charge in [0.1, 0.15) is 0 Å². The van der Waals surface area contributed by atoms with Crippen LogP contribution in [-0.2, 0) is 16.7 Å². The maximum atomic E-state index is 5.46. The zero-order valence-electron chi connectivity index (χ0n) is 11.5. The maximum absolute atomic E-state index is 5.46. The van der Waals surface area contributed by atoms with Crippen LogP contribution in [0.4, 0.5) is 0 Å². The van der Waals surface area contributed by atoms with Gasteiger partial charge in [-0.25, -0.2) is 4.98 Å². The minimum absolute atomic E-state index is 0.154. The lowest BCUT2D eigenvalue weighted by atomic mass is 9.98. The summed E-state index contributed by atoms with van der Waals surface area (Å²) in [6.07, 6.45) is 2.25. The molecule has 0 spiro atoms. The van der Waals surface area contributed by atoms with E-state index in [0.717, 1.165) is 19.7 Å². The lowest BCUT2D eigenvalue weighted by Gasteiger charge is -2.13. The van der Waals surface area contributed by atoms with E-state index < -0.39 is 0 Å². The van der Waals surface area contributed by atoms with Gasteiger partial charge in [-0.3, -0.25) is 0 Å². The Kier molecular flexibility index (Phi) is 5.56. The molecule has 0 saturated heterocycles. The Balaban J connectivity index is 2.35. The lowest BCUT2D eigenvalue weighted by Crippen LogP contribution is -2.26. The van der Waals surface area contributed by atoms with E-state index >= 15 is 0 Å². The number of hydrogen-bond donors (Lipinski definition) is 1. The molecule has 98 valence electrons. The molecule has 0 saturated carbocycles. The van der Waals surface area contributed by atoms with Crippen LogP contribution >= 0.6 is 11.3 Å². The van der Waals surface area contributed by atoms with Gasteiger partial charge in [-0.2, -0.15) is 0 Å². The van der Waals surface area contributed by atoms with Gasteiger partial charge in [-0.05, 0) is 13.8 Å². The lowest BCUT2D eigenvalue weighted by molar-refractivity contribution is 0.0760. The second-order valence-electron chi connectivity index (χ2n) is 5.28. The van der Waals surface area contributed by atoms with E-state index in [1.54, 1.807) is 11.3 Å². The van der Waals surface area contributed by atoms with Gasteiger partial charge in [0.25, 0.3) is 0 Å². The van der Waals surface area contributed by atoms with Crippen LogP contribution < -0.4 is 5.32 Å². The van der Waals surface area contributed by atoms with E-state index in [-0.39, 0.29) is 11.5 Å². The molecule has 1 N–H and O–H groups in total. The van der Waals surface area contributed by atoms with E-state index in [1.807, 2.05) is 13.1 Å². The standard InChI is InChI=1S/C13H24N2OS/c1-6-16-10(2)7-14-8-11-9-15-12(17-11)13(3,4)5/h9-10,14H,6-8H2,1-5H3. The summed E-state index contributed by atoms with van der Waals surface area (Å²) >= 11 is 1.79. The van der Waals surface area contributed by atoms with Crippen LogP contribution in [0.1, 0.15) is 44.5 Å². The van der Waals surface area contributed by atoms with Crippen molar-refractivity contribution < 1.29 is 4.74 Å². The molecule has 0 aromatic carbocycles. The molecular formula is C13H24N2OS. The van der Waals surface area contributed by atoms with Crippen molar-refractivity contribution in [2.75, 3.05) is 13.2 Å². The molecule has 1 aromatic heterocycles. The first-order chi connectivity index (χ1) is 7.93. The molecule has 1 unspecified atom stereocenters. The Hall–Kier alpha value is -0.450. The summed E-state index contributed by atoms with van der Waals surface area (Å²) in [5.74, 6) is 0. The highest BCUT2D eigenvalue weighted by atomic mass is 32.1. The summed E-state index contributed by atoms with van der Waals surface area (Å²) in [5.41, 5.74) is 0.154. The Labute approximate surface area is 109 Å². The fraction of sp³-hybridized carbons (Fsp3) is 0.769. The van der Waals surface area contributed by atoms with Crippen molar-refractivity contribution in [3.63, 3.8) is 0 Å². The van der Waals surface area contributed by atoms with E-state index in [9.17, 15) is 0 Å².